The van der Waals surface area contributed by atoms with Gasteiger partial charge < -0.3 is 11.5 Å². The average molecular weight is 281 g/mol. The third-order valence-electron chi connectivity index (χ3n) is 2.87. The van der Waals surface area contributed by atoms with Crippen molar-refractivity contribution >= 4 is 34.6 Å². The summed E-state index contributed by atoms with van der Waals surface area (Å²) < 4.78 is 0. The predicted molar refractivity (Wildman–Crippen MR) is 79.1 cm³/mol. The molecule has 94 valence electrons. The molecule has 0 spiro atoms. The Kier molecular flexibility index (Phi) is 4.00. The molecule has 0 amide bonds. The van der Waals surface area contributed by atoms with Gasteiger partial charge in [0, 0.05) is 21.4 Å². The summed E-state index contributed by atoms with van der Waals surface area (Å²) in [5.74, 6) is 0. The zero-order valence-corrected chi connectivity index (χ0v) is 11.3. The maximum Gasteiger partial charge on any atom is 0.0410 e. The van der Waals surface area contributed by atoms with Gasteiger partial charge >= 0.3 is 0 Å². The third-order valence-corrected chi connectivity index (χ3v) is 3.34. The highest BCUT2D eigenvalue weighted by molar-refractivity contribution is 6.31. The molecular weight excluding hydrogens is 267 g/mol. The molecule has 0 heterocycles. The Hall–Kier alpha value is -1.38. The Labute approximate surface area is 117 Å². The molecular formula is C14H14Cl2N2. The standard InChI is InChI=1S/C14H14Cl2N2/c15-11-3-5-13(17)9(7-11)1-2-10-8-12(16)4-6-14(10)18/h3-8H,1-2,17-18H2. The van der Waals surface area contributed by atoms with Crippen molar-refractivity contribution in [3.8, 4) is 0 Å². The molecule has 2 nitrogen and oxygen atoms in total. The van der Waals surface area contributed by atoms with Crippen LogP contribution in [0.25, 0.3) is 0 Å². The molecule has 4 N–H and O–H groups in total. The molecule has 2 rings (SSSR count). The van der Waals surface area contributed by atoms with E-state index in [-0.39, 0.29) is 0 Å². The van der Waals surface area contributed by atoms with E-state index in [1.165, 1.54) is 0 Å². The highest BCUT2D eigenvalue weighted by Gasteiger charge is 2.04. The fourth-order valence-corrected chi connectivity index (χ4v) is 2.24. The number of halogens is 2. The van der Waals surface area contributed by atoms with E-state index in [1.54, 1.807) is 12.1 Å². The number of nitrogen functional groups attached to an aromatic ring is 2. The first-order valence-corrected chi connectivity index (χ1v) is 6.39. The van der Waals surface area contributed by atoms with Crippen LogP contribution in [0.3, 0.4) is 0 Å². The summed E-state index contributed by atoms with van der Waals surface area (Å²) in [5, 5.41) is 1.39. The van der Waals surface area contributed by atoms with Gasteiger partial charge in [-0.15, -0.1) is 0 Å². The number of anilines is 2. The van der Waals surface area contributed by atoms with Gasteiger partial charge in [0.05, 0.1) is 0 Å². The predicted octanol–water partition coefficient (Wildman–Crippen LogP) is 3.94. The molecule has 2 aromatic carbocycles. The van der Waals surface area contributed by atoms with Crippen molar-refractivity contribution in [2.75, 3.05) is 11.5 Å². The molecule has 0 saturated carbocycles. The van der Waals surface area contributed by atoms with Gasteiger partial charge in [-0.3, -0.25) is 0 Å². The van der Waals surface area contributed by atoms with Gasteiger partial charge in [-0.1, -0.05) is 23.2 Å². The fourth-order valence-electron chi connectivity index (χ4n) is 1.85. The van der Waals surface area contributed by atoms with Crippen LogP contribution >= 0.6 is 23.2 Å². The lowest BCUT2D eigenvalue weighted by Gasteiger charge is -2.08. The summed E-state index contributed by atoms with van der Waals surface area (Å²) in [6, 6.07) is 11.0. The molecule has 0 unspecified atom stereocenters. The van der Waals surface area contributed by atoms with Crippen LogP contribution in [0, 0.1) is 0 Å². The molecule has 0 atom stereocenters. The fraction of sp³-hybridized carbons (Fsp3) is 0.143. The Morgan fingerprint density at radius 1 is 0.722 bits per heavy atom. The van der Waals surface area contributed by atoms with E-state index in [4.69, 9.17) is 34.7 Å². The van der Waals surface area contributed by atoms with Crippen LogP contribution in [-0.4, -0.2) is 0 Å². The summed E-state index contributed by atoms with van der Waals surface area (Å²) in [5.41, 5.74) is 15.4. The van der Waals surface area contributed by atoms with Gasteiger partial charge in [0.2, 0.25) is 0 Å². The number of rotatable bonds is 3. The maximum atomic E-state index is 5.95. The minimum absolute atomic E-state index is 0.693. The Bertz CT molecular complexity index is 516. The van der Waals surface area contributed by atoms with E-state index in [0.717, 1.165) is 35.3 Å². The van der Waals surface area contributed by atoms with Gasteiger partial charge in [-0.2, -0.15) is 0 Å². The Morgan fingerprint density at radius 2 is 1.11 bits per heavy atom. The van der Waals surface area contributed by atoms with Crippen molar-refractivity contribution in [3.63, 3.8) is 0 Å². The smallest absolute Gasteiger partial charge is 0.0410 e. The lowest BCUT2D eigenvalue weighted by molar-refractivity contribution is 0.966. The monoisotopic (exact) mass is 280 g/mol. The highest BCUT2D eigenvalue weighted by atomic mass is 35.5. The van der Waals surface area contributed by atoms with Crippen LogP contribution in [0.2, 0.25) is 10.0 Å². The first-order valence-electron chi connectivity index (χ1n) is 5.64. The van der Waals surface area contributed by atoms with Crippen LogP contribution in [0.4, 0.5) is 11.4 Å². The zero-order chi connectivity index (χ0) is 13.1. The van der Waals surface area contributed by atoms with E-state index in [2.05, 4.69) is 0 Å². The summed E-state index contributed by atoms with van der Waals surface area (Å²) >= 11 is 11.9. The van der Waals surface area contributed by atoms with Gasteiger partial charge in [-0.05, 0) is 60.4 Å². The van der Waals surface area contributed by atoms with E-state index in [1.807, 2.05) is 24.3 Å². The van der Waals surface area contributed by atoms with Gasteiger partial charge in [0.15, 0.2) is 0 Å². The average Bonchev–Trinajstić information content (AvgIpc) is 2.34. The summed E-state index contributed by atoms with van der Waals surface area (Å²) in [7, 11) is 0. The van der Waals surface area contributed by atoms with E-state index in [0.29, 0.717) is 10.0 Å². The summed E-state index contributed by atoms with van der Waals surface area (Å²) in [6.45, 7) is 0. The second-order valence-electron chi connectivity index (χ2n) is 4.19. The Morgan fingerprint density at radius 3 is 1.50 bits per heavy atom. The molecule has 0 aromatic heterocycles. The lowest BCUT2D eigenvalue weighted by atomic mass is 10.0. The number of hydrogen-bond donors (Lipinski definition) is 2. The van der Waals surface area contributed by atoms with Crippen molar-refractivity contribution in [1.29, 1.82) is 0 Å². The molecule has 0 radical (unpaired) electrons. The van der Waals surface area contributed by atoms with Crippen molar-refractivity contribution < 1.29 is 0 Å². The van der Waals surface area contributed by atoms with Crippen molar-refractivity contribution in [1.82, 2.24) is 0 Å². The second-order valence-corrected chi connectivity index (χ2v) is 5.06. The van der Waals surface area contributed by atoms with Crippen LogP contribution in [-0.2, 0) is 12.8 Å². The van der Waals surface area contributed by atoms with Crippen LogP contribution in [0.5, 0.6) is 0 Å². The van der Waals surface area contributed by atoms with Gasteiger partial charge in [0.25, 0.3) is 0 Å². The minimum Gasteiger partial charge on any atom is -0.399 e. The van der Waals surface area contributed by atoms with Crippen LogP contribution in [0.15, 0.2) is 36.4 Å². The van der Waals surface area contributed by atoms with Crippen LogP contribution in [0.1, 0.15) is 11.1 Å². The normalized spacial score (nSPS) is 10.6. The zero-order valence-electron chi connectivity index (χ0n) is 9.79. The number of aryl methyl sites for hydroxylation is 2. The number of nitrogens with two attached hydrogens (primary N) is 2. The largest absolute Gasteiger partial charge is 0.399 e. The molecule has 18 heavy (non-hydrogen) atoms. The minimum atomic E-state index is 0.693. The highest BCUT2D eigenvalue weighted by Crippen LogP contribution is 2.23. The third kappa shape index (κ3) is 3.09. The quantitative estimate of drug-likeness (QED) is 0.837. The first kappa shape index (κ1) is 13.1. The molecule has 0 aliphatic heterocycles. The van der Waals surface area contributed by atoms with Gasteiger partial charge in [0.1, 0.15) is 0 Å². The molecule has 2 aromatic rings. The molecule has 0 bridgehead atoms. The number of hydrogen-bond acceptors (Lipinski definition) is 2. The second kappa shape index (κ2) is 5.51. The van der Waals surface area contributed by atoms with E-state index < -0.39 is 0 Å². The lowest BCUT2D eigenvalue weighted by Crippen LogP contribution is -2.00. The first-order chi connectivity index (χ1) is 8.56. The van der Waals surface area contributed by atoms with Crippen molar-refractivity contribution in [2.24, 2.45) is 0 Å². The van der Waals surface area contributed by atoms with Crippen LogP contribution < -0.4 is 11.5 Å². The molecule has 0 aliphatic rings. The molecule has 0 saturated heterocycles. The van der Waals surface area contributed by atoms with Gasteiger partial charge in [-0.25, -0.2) is 0 Å². The Balaban J connectivity index is 2.16. The van der Waals surface area contributed by atoms with E-state index >= 15 is 0 Å². The SMILES string of the molecule is Nc1ccc(Cl)cc1CCc1cc(Cl)ccc1N. The van der Waals surface area contributed by atoms with Crippen molar-refractivity contribution in [2.45, 2.75) is 12.8 Å². The van der Waals surface area contributed by atoms with Crippen molar-refractivity contribution in [3.05, 3.63) is 57.6 Å². The molecule has 0 fully saturated rings. The van der Waals surface area contributed by atoms with E-state index in [9.17, 15) is 0 Å². The summed E-state index contributed by atoms with van der Waals surface area (Å²) in [6.07, 6.45) is 1.58. The topological polar surface area (TPSA) is 52.0 Å². The number of benzene rings is 2. The molecule has 4 heteroatoms. The summed E-state index contributed by atoms with van der Waals surface area (Å²) in [4.78, 5) is 0. The maximum absolute atomic E-state index is 5.95. The molecule has 0 aliphatic carbocycles.